The van der Waals surface area contributed by atoms with Gasteiger partial charge in [-0.3, -0.25) is 34.0 Å². The number of aryl methyl sites for hydroxylation is 2. The number of nitrogens with zero attached hydrogens (tertiary/aromatic N) is 8. The molecule has 3 aromatic carbocycles. The fourth-order valence-electron chi connectivity index (χ4n) is 7.71. The molecule has 2 aliphatic heterocycles. The molecule has 2 aliphatic rings. The molecular weight excluding hydrogens is 1330 g/mol. The summed E-state index contributed by atoms with van der Waals surface area (Å²) in [5, 5.41) is 16.4. The summed E-state index contributed by atoms with van der Waals surface area (Å²) >= 11 is 30.9. The average Bonchev–Trinajstić information content (AvgIpc) is 1.37. The molecule has 0 saturated carbocycles. The van der Waals surface area contributed by atoms with Crippen LogP contribution in [0.5, 0.6) is 5.75 Å². The molecule has 23 nitrogen and oxygen atoms in total. The lowest BCUT2D eigenvalue weighted by Gasteiger charge is -2.35. The average molecular weight is 1410 g/mol. The third-order valence-electron chi connectivity index (χ3n) is 11.3. The minimum atomic E-state index is -4.35. The zero-order valence-electron chi connectivity index (χ0n) is 51.0. The predicted molar refractivity (Wildman–Crippen MR) is 353 cm³/mol. The molecule has 3 unspecified atom stereocenters. The molecule has 33 heteroatoms. The van der Waals surface area contributed by atoms with Crippen LogP contribution in [-0.4, -0.2) is 158 Å². The van der Waals surface area contributed by atoms with Gasteiger partial charge in [-0.05, 0) is 130 Å². The zero-order chi connectivity index (χ0) is 66.4. The Balaban J connectivity index is 0.000000380. The monoisotopic (exact) mass is 1410 g/mol. The molecule has 7 rings (SSSR count). The third-order valence-corrected chi connectivity index (χ3v) is 15.0. The number of hydrogen-bond donors (Lipinski definition) is 5. The number of aliphatic carboxylic acids is 1. The smallest absolute Gasteiger partial charge is 0.325 e. The number of para-hydroxylation sites is 3. The number of carbonyl (C=O) groups excluding carboxylic acids is 3. The Labute approximate surface area is 548 Å². The van der Waals surface area contributed by atoms with E-state index in [1.807, 2.05) is 83.3 Å². The van der Waals surface area contributed by atoms with E-state index in [4.69, 9.17) is 77.5 Å². The first kappa shape index (κ1) is 79.4. The Morgan fingerprint density at radius 3 is 2.22 bits per heavy atom. The van der Waals surface area contributed by atoms with Gasteiger partial charge in [-0.2, -0.15) is 15.0 Å². The molecule has 0 saturated heterocycles. The highest BCUT2D eigenvalue weighted by Gasteiger charge is 2.32. The molecule has 0 spiro atoms. The van der Waals surface area contributed by atoms with E-state index in [2.05, 4.69) is 67.1 Å². The number of halogens is 6. The second-order valence-corrected chi connectivity index (χ2v) is 27.6. The van der Waals surface area contributed by atoms with Crippen molar-refractivity contribution < 1.29 is 57.2 Å². The Morgan fingerprint density at radius 2 is 1.65 bits per heavy atom. The van der Waals surface area contributed by atoms with Crippen molar-refractivity contribution in [3.63, 3.8) is 0 Å². The second-order valence-electron chi connectivity index (χ2n) is 19.5. The van der Waals surface area contributed by atoms with Gasteiger partial charge < -0.3 is 54.1 Å². The Morgan fingerprint density at radius 1 is 1.01 bits per heavy atom. The van der Waals surface area contributed by atoms with Crippen molar-refractivity contribution in [3.8, 4) is 5.75 Å². The number of nitrogens with one attached hydrogen (secondary N) is 3. The topological polar surface area (TPSA) is 297 Å². The molecule has 0 bridgehead atoms. The first-order chi connectivity index (χ1) is 41.4. The lowest BCUT2D eigenvalue weighted by molar-refractivity contribution is -0.193. The highest BCUT2D eigenvalue weighted by atomic mass is 35.5. The van der Waals surface area contributed by atoms with Crippen LogP contribution in [0, 0.1) is 12.7 Å². The number of carboxylic acid groups (broad SMARTS) is 1. The first-order valence-corrected chi connectivity index (χ1v) is 35.3. The van der Waals surface area contributed by atoms with E-state index in [1.165, 1.54) is 13.2 Å². The number of thioether (sulfide) groups is 1. The van der Waals surface area contributed by atoms with E-state index in [1.54, 1.807) is 26.3 Å². The minimum Gasteiger partial charge on any atom is -0.778 e. The number of ether oxygens (including phenoxy) is 3. The van der Waals surface area contributed by atoms with Crippen LogP contribution >= 0.6 is 88.7 Å². The summed E-state index contributed by atoms with van der Waals surface area (Å²) in [6.07, 6.45) is 8.65. The van der Waals surface area contributed by atoms with E-state index in [-0.39, 0.29) is 62.4 Å². The number of esters is 1. The number of carboxylic acids is 1. The molecule has 490 valence electrons. The summed E-state index contributed by atoms with van der Waals surface area (Å²) in [5.74, 6) is -0.844. The van der Waals surface area contributed by atoms with E-state index in [0.29, 0.717) is 64.5 Å². The standard InChI is InChI=1S/C15H15ClFN3O3S2.C15H22ClNO2.C11H11Cl2NO2.C8H14ClN5.C3H8NO5P.C3H9S/c1-23-13(21)8-24-12-7-11(10(17)6-9(12)16)18-14-19-4-2-3-5-20(19)15(22)25-14;1-5-13-8-6-7-11(2)15(13)17(14(18)9-16)12(3)10-19-4;1-7-6-16-9-5-3-2-4-8(9)14(7)11(15)10(12)13;1-4-10-7-12-6(9)13-8(14-7)11-5(2)3;5-3(6)1-4-2-10(7,8)9;1-4(2)3/h6-7H,2-5,8H2,1H3;6-8,12H,5,9-10H2,1-4H3;2-5,7,10H,6H2,1H3;5H,4H2,1-3H3,(H2,10,11,12,13,14);4H,1-2H2,(H,5,6)(H2,7,8,9);1-3H3/q;;;;;+1/p-1/b18-14-;;;;;. The van der Waals surface area contributed by atoms with Crippen molar-refractivity contribution in [2.75, 3.05) is 97.6 Å². The molecule has 0 aliphatic carbocycles. The Kier molecular flexibility index (Phi) is 36.9. The van der Waals surface area contributed by atoms with Gasteiger partial charge in [0, 0.05) is 37.7 Å². The number of fused-ring (bicyclic) bond motifs is 2. The molecule has 5 aromatic rings. The molecule has 5 N–H and O–H groups in total. The predicted octanol–water partition coefficient (Wildman–Crippen LogP) is 9.00. The highest BCUT2D eigenvalue weighted by molar-refractivity contribution is 8.00. The number of rotatable bonds is 19. The zero-order valence-corrected chi connectivity index (χ0v) is 58.1. The van der Waals surface area contributed by atoms with Crippen molar-refractivity contribution in [1.82, 2.24) is 29.6 Å². The number of methoxy groups -OCH3 is 2. The van der Waals surface area contributed by atoms with E-state index < -0.39 is 43.0 Å². The van der Waals surface area contributed by atoms with Gasteiger partial charge >= 0.3 is 16.8 Å². The number of amides is 2. The van der Waals surface area contributed by atoms with Crippen LogP contribution in [-0.2, 0) is 63.6 Å². The lowest BCUT2D eigenvalue weighted by Crippen LogP contribution is -2.47. The SMILES string of the molecule is CC1COc2ccccc2N1C(=O)C(Cl)Cl.CCNc1nc(Cl)nc(NC(C)C)n1.CCc1cccc(C)c1N(C(=O)CCl)C(C)COC.COC(=O)CSc1cc(/N=c2\sc(=O)n3n2CCCC3)c(F)cc1Cl.C[S+](C)C.O=C(O)CNCP(=O)([O-])O. The van der Waals surface area contributed by atoms with Gasteiger partial charge in [-0.25, -0.2) is 14.1 Å². The van der Waals surface area contributed by atoms with Gasteiger partial charge in [0.05, 0.1) is 79.5 Å². The molecule has 2 aromatic heterocycles. The van der Waals surface area contributed by atoms with Crippen molar-refractivity contribution in [2.45, 2.75) is 109 Å². The second kappa shape index (κ2) is 40.9. The maximum atomic E-state index is 14.3. The molecular formula is C55H78Cl5FN11O12PS3. The number of aromatic nitrogens is 5. The summed E-state index contributed by atoms with van der Waals surface area (Å²) in [7, 11) is -0.773. The van der Waals surface area contributed by atoms with Crippen LogP contribution in [0.4, 0.5) is 33.3 Å². The maximum absolute atomic E-state index is 14.3. The fraction of sp³-hybridized carbons (Fsp3) is 0.509. The normalized spacial score (nSPS) is 14.1. The van der Waals surface area contributed by atoms with Gasteiger partial charge in [0.25, 0.3) is 5.91 Å². The summed E-state index contributed by atoms with van der Waals surface area (Å²) in [5.41, 5.74) is 4.01. The summed E-state index contributed by atoms with van der Waals surface area (Å²) < 4.78 is 42.9. The van der Waals surface area contributed by atoms with Gasteiger partial charge in [-0.1, -0.05) is 72.1 Å². The van der Waals surface area contributed by atoms with E-state index >= 15 is 0 Å². The number of anilines is 4. The van der Waals surface area contributed by atoms with Gasteiger partial charge in [0.1, 0.15) is 37.3 Å². The third kappa shape index (κ3) is 28.2. The highest BCUT2D eigenvalue weighted by Crippen LogP contribution is 2.36. The lowest BCUT2D eigenvalue weighted by atomic mass is 10.0. The van der Waals surface area contributed by atoms with E-state index in [0.717, 1.165) is 77.5 Å². The van der Waals surface area contributed by atoms with Gasteiger partial charge in [0.2, 0.25) is 27.9 Å². The summed E-state index contributed by atoms with van der Waals surface area (Å²) in [6.45, 7) is 16.5. The largest absolute Gasteiger partial charge is 0.778 e. The molecule has 0 radical (unpaired) electrons. The Hall–Kier alpha value is -4.74. The van der Waals surface area contributed by atoms with Crippen molar-refractivity contribution in [1.29, 1.82) is 0 Å². The fourth-order valence-corrected chi connectivity index (χ4v) is 10.6. The minimum absolute atomic E-state index is 0.0223. The van der Waals surface area contributed by atoms with Crippen LogP contribution in [0.3, 0.4) is 0 Å². The maximum Gasteiger partial charge on any atom is 0.325 e. The molecule has 4 heterocycles. The molecule has 2 amide bonds. The quantitative estimate of drug-likeness (QED) is 0.0169. The Bertz CT molecular complexity index is 3220. The van der Waals surface area contributed by atoms with Crippen LogP contribution in [0.15, 0.2) is 69.3 Å². The van der Waals surface area contributed by atoms with Gasteiger partial charge in [-0.15, -0.1) is 23.4 Å². The number of alkyl halides is 3. The van der Waals surface area contributed by atoms with Gasteiger partial charge in [0.15, 0.2) is 4.84 Å². The molecule has 0 fully saturated rings. The van der Waals surface area contributed by atoms with E-state index in [9.17, 15) is 37.8 Å². The van der Waals surface area contributed by atoms with Crippen LogP contribution in [0.2, 0.25) is 10.3 Å². The number of hydrogen-bond acceptors (Lipinski definition) is 19. The summed E-state index contributed by atoms with van der Waals surface area (Å²) in [4.78, 5) is 94.6. The number of carbonyl (C=O) groups is 4. The number of benzene rings is 3. The summed E-state index contributed by atoms with van der Waals surface area (Å²) in [6, 6.07) is 16.2. The van der Waals surface area contributed by atoms with Crippen LogP contribution < -0.4 is 45.1 Å². The van der Waals surface area contributed by atoms with Crippen molar-refractivity contribution in [2.24, 2.45) is 4.99 Å². The van der Waals surface area contributed by atoms with Crippen LogP contribution in [0.1, 0.15) is 65.5 Å². The molecule has 88 heavy (non-hydrogen) atoms. The molecule has 3 atom stereocenters. The van der Waals surface area contributed by atoms with Crippen LogP contribution in [0.25, 0.3) is 0 Å². The van der Waals surface area contributed by atoms with Crippen molar-refractivity contribution >= 4 is 152 Å². The first-order valence-electron chi connectivity index (χ1n) is 27.1. The van der Waals surface area contributed by atoms with Crippen molar-refractivity contribution in [3.05, 3.63) is 96.3 Å².